The Kier molecular flexibility index (Phi) is 25.6. The molecule has 2 atom stereocenters. The van der Waals surface area contributed by atoms with Gasteiger partial charge in [0.1, 0.15) is 24.1 Å². The maximum atomic E-state index is 11.6. The Morgan fingerprint density at radius 1 is 0.812 bits per heavy atom. The van der Waals surface area contributed by atoms with Gasteiger partial charge in [-0.3, -0.25) is 9.59 Å². The third-order valence-electron chi connectivity index (χ3n) is 3.09. The van der Waals surface area contributed by atoms with Gasteiger partial charge in [0.2, 0.25) is 11.8 Å². The molecule has 0 rings (SSSR count). The van der Waals surface area contributed by atoms with Gasteiger partial charge in [-0.1, -0.05) is 61.1 Å². The molecule has 0 saturated heterocycles. The first kappa shape index (κ1) is 33.2. The number of amides is 2. The molecule has 0 saturated carbocycles. The Morgan fingerprint density at radius 3 is 1.72 bits per heavy atom. The van der Waals surface area contributed by atoms with Gasteiger partial charge in [-0.25, -0.2) is 0 Å². The molecule has 0 aromatic carbocycles. The number of hydrogen-bond acceptors (Lipinski definition) is 8. The summed E-state index contributed by atoms with van der Waals surface area (Å²) in [7, 11) is 3.11. The summed E-state index contributed by atoms with van der Waals surface area (Å²) >= 11 is 0. The first-order valence-corrected chi connectivity index (χ1v) is 13.3. The minimum atomic E-state index is -0.188. The maximum Gasteiger partial charge on any atom is 0.246 e. The van der Waals surface area contributed by atoms with Crippen LogP contribution in [-0.2, 0) is 28.5 Å². The van der Waals surface area contributed by atoms with E-state index in [1.807, 2.05) is 48.5 Å². The summed E-state index contributed by atoms with van der Waals surface area (Å²) in [6.07, 6.45) is 0. The SMILES string of the molecule is CC.CCNC(=O)COCCOC(C)SSC(C)OCCOCC(=O)NCC#CC(C)C. The van der Waals surface area contributed by atoms with E-state index in [1.54, 1.807) is 21.6 Å². The van der Waals surface area contributed by atoms with Gasteiger partial charge in [0.05, 0.1) is 33.0 Å². The van der Waals surface area contributed by atoms with Crippen molar-refractivity contribution in [2.24, 2.45) is 5.92 Å². The van der Waals surface area contributed by atoms with E-state index in [2.05, 4.69) is 22.5 Å². The lowest BCUT2D eigenvalue weighted by molar-refractivity contribution is -0.126. The van der Waals surface area contributed by atoms with Crippen LogP contribution in [0, 0.1) is 17.8 Å². The van der Waals surface area contributed by atoms with Crippen molar-refractivity contribution in [3.63, 3.8) is 0 Å². The van der Waals surface area contributed by atoms with E-state index in [0.29, 0.717) is 45.4 Å². The predicted octanol–water partition coefficient (Wildman–Crippen LogP) is 3.06. The normalized spacial score (nSPS) is 12.1. The number of nitrogens with one attached hydrogen (secondary N) is 2. The van der Waals surface area contributed by atoms with Gasteiger partial charge in [-0.05, 0) is 20.8 Å². The van der Waals surface area contributed by atoms with E-state index < -0.39 is 0 Å². The molecule has 0 heterocycles. The average Bonchev–Trinajstić information content (AvgIpc) is 2.76. The Balaban J connectivity index is 0. The summed E-state index contributed by atoms with van der Waals surface area (Å²) in [6.45, 7) is 16.3. The smallest absolute Gasteiger partial charge is 0.246 e. The fourth-order valence-corrected chi connectivity index (χ4v) is 3.67. The predicted molar refractivity (Wildman–Crippen MR) is 133 cm³/mol. The van der Waals surface area contributed by atoms with Crippen molar-refractivity contribution in [3.8, 4) is 11.8 Å². The number of rotatable bonds is 17. The van der Waals surface area contributed by atoms with Crippen LogP contribution in [0.2, 0.25) is 0 Å². The summed E-state index contributed by atoms with van der Waals surface area (Å²) in [6, 6.07) is 0. The molecule has 10 heteroatoms. The molecule has 0 radical (unpaired) electrons. The van der Waals surface area contributed by atoms with Crippen LogP contribution in [0.15, 0.2) is 0 Å². The highest BCUT2D eigenvalue weighted by Crippen LogP contribution is 2.31. The minimum absolute atomic E-state index is 0.00393. The standard InChI is InChI=1S/C20H36N2O6S2.C2H6/c1-6-21-19(23)14-25-10-12-27-17(4)29-30-18(5)28-13-11-26-15-20(24)22-9-7-8-16(2)3;1-2/h16-18H,6,9-15H2,1-5H3,(H,21,23)(H,22,24);1-2H3. The zero-order valence-corrected chi connectivity index (χ0v) is 22.3. The number of carbonyl (C=O) groups excluding carboxylic acids is 2. The van der Waals surface area contributed by atoms with Gasteiger partial charge in [-0.2, -0.15) is 0 Å². The van der Waals surface area contributed by atoms with Crippen LogP contribution < -0.4 is 10.6 Å². The molecule has 0 aromatic heterocycles. The second-order valence-corrected chi connectivity index (χ2v) is 9.25. The summed E-state index contributed by atoms with van der Waals surface area (Å²) in [5.74, 6) is 5.84. The zero-order chi connectivity index (χ0) is 24.6. The first-order valence-electron chi connectivity index (χ1n) is 11.1. The monoisotopic (exact) mass is 494 g/mol. The molecule has 0 fully saturated rings. The number of hydrogen-bond donors (Lipinski definition) is 2. The van der Waals surface area contributed by atoms with Gasteiger partial charge in [-0.15, -0.1) is 0 Å². The molecule has 0 aliphatic rings. The molecule has 0 aliphatic heterocycles. The topological polar surface area (TPSA) is 95.1 Å². The summed E-state index contributed by atoms with van der Waals surface area (Å²) < 4.78 is 21.8. The summed E-state index contributed by atoms with van der Waals surface area (Å²) in [4.78, 5) is 22.8. The highest BCUT2D eigenvalue weighted by molar-refractivity contribution is 8.77. The Bertz CT molecular complexity index is 526. The third kappa shape index (κ3) is 25.3. The van der Waals surface area contributed by atoms with E-state index in [9.17, 15) is 9.59 Å². The average molecular weight is 495 g/mol. The molecule has 0 spiro atoms. The van der Waals surface area contributed by atoms with Crippen LogP contribution in [0.1, 0.15) is 48.5 Å². The van der Waals surface area contributed by atoms with E-state index in [-0.39, 0.29) is 35.9 Å². The van der Waals surface area contributed by atoms with Crippen molar-refractivity contribution in [2.75, 3.05) is 52.7 Å². The molecule has 0 bridgehead atoms. The second-order valence-electron chi connectivity index (χ2n) is 6.38. The van der Waals surface area contributed by atoms with Crippen molar-refractivity contribution < 1.29 is 28.5 Å². The largest absolute Gasteiger partial charge is 0.369 e. The van der Waals surface area contributed by atoms with E-state index in [1.165, 1.54) is 0 Å². The fourth-order valence-electron chi connectivity index (χ4n) is 1.78. The second kappa shape index (κ2) is 24.7. The van der Waals surface area contributed by atoms with Crippen molar-refractivity contribution in [3.05, 3.63) is 0 Å². The zero-order valence-electron chi connectivity index (χ0n) is 20.7. The molecule has 2 N–H and O–H groups in total. The highest BCUT2D eigenvalue weighted by atomic mass is 33.1. The fraction of sp³-hybridized carbons (Fsp3) is 0.818. The molecular formula is C22H42N2O6S2. The van der Waals surface area contributed by atoms with Crippen LogP contribution >= 0.6 is 21.6 Å². The van der Waals surface area contributed by atoms with Crippen molar-refractivity contribution in [1.29, 1.82) is 0 Å². The first-order chi connectivity index (χ1) is 15.3. The van der Waals surface area contributed by atoms with Crippen molar-refractivity contribution in [2.45, 2.75) is 59.3 Å². The van der Waals surface area contributed by atoms with Crippen molar-refractivity contribution >= 4 is 33.4 Å². The van der Waals surface area contributed by atoms with Crippen LogP contribution in [0.3, 0.4) is 0 Å². The van der Waals surface area contributed by atoms with Gasteiger partial charge < -0.3 is 29.6 Å². The maximum absolute atomic E-state index is 11.6. The molecule has 32 heavy (non-hydrogen) atoms. The van der Waals surface area contributed by atoms with E-state index >= 15 is 0 Å². The number of ether oxygens (including phenoxy) is 4. The number of likely N-dealkylation sites (N-methyl/N-ethyl adjacent to an activating group) is 1. The summed E-state index contributed by atoms with van der Waals surface area (Å²) in [5, 5.41) is 5.34. The highest BCUT2D eigenvalue weighted by Gasteiger charge is 2.09. The van der Waals surface area contributed by atoms with Crippen LogP contribution in [0.5, 0.6) is 0 Å². The number of carbonyl (C=O) groups is 2. The van der Waals surface area contributed by atoms with Crippen LogP contribution in [-0.4, -0.2) is 75.4 Å². The molecule has 0 aromatic rings. The van der Waals surface area contributed by atoms with Crippen molar-refractivity contribution in [1.82, 2.24) is 10.6 Å². The molecule has 188 valence electrons. The van der Waals surface area contributed by atoms with E-state index in [4.69, 9.17) is 18.9 Å². The molecular weight excluding hydrogens is 452 g/mol. The molecule has 2 unspecified atom stereocenters. The summed E-state index contributed by atoms with van der Waals surface area (Å²) in [5.41, 5.74) is -0.0772. The molecule has 0 aliphatic carbocycles. The Labute approximate surface area is 202 Å². The lowest BCUT2D eigenvalue weighted by atomic mass is 10.2. The molecule has 2 amide bonds. The Morgan fingerprint density at radius 2 is 1.28 bits per heavy atom. The lowest BCUT2D eigenvalue weighted by Crippen LogP contribution is -2.28. The minimum Gasteiger partial charge on any atom is -0.369 e. The Hall–Kier alpha value is -0.960. The van der Waals surface area contributed by atoms with Crippen LogP contribution in [0.25, 0.3) is 0 Å². The third-order valence-corrected chi connectivity index (χ3v) is 5.98. The van der Waals surface area contributed by atoms with Gasteiger partial charge in [0.15, 0.2) is 0 Å². The van der Waals surface area contributed by atoms with Gasteiger partial charge >= 0.3 is 0 Å². The van der Waals surface area contributed by atoms with Crippen LogP contribution in [0.4, 0.5) is 0 Å². The quantitative estimate of drug-likeness (QED) is 0.138. The van der Waals surface area contributed by atoms with Gasteiger partial charge in [0.25, 0.3) is 0 Å². The lowest BCUT2D eigenvalue weighted by Gasteiger charge is -2.16. The molecule has 8 nitrogen and oxygen atoms in total. The van der Waals surface area contributed by atoms with E-state index in [0.717, 1.165) is 0 Å². The van der Waals surface area contributed by atoms with Gasteiger partial charge in [0, 0.05) is 12.5 Å².